The van der Waals surface area contributed by atoms with Gasteiger partial charge < -0.3 is 9.64 Å². The van der Waals surface area contributed by atoms with E-state index in [0.29, 0.717) is 40.3 Å². The van der Waals surface area contributed by atoms with E-state index in [0.717, 1.165) is 0 Å². The molecular weight excluding hydrogens is 362 g/mol. The molecule has 1 heterocycles. The van der Waals surface area contributed by atoms with Crippen molar-refractivity contribution in [2.75, 3.05) is 20.7 Å². The molecule has 132 valence electrons. The maximum Gasteiger partial charge on any atom is 0.235 e. The van der Waals surface area contributed by atoms with Crippen molar-refractivity contribution in [1.82, 2.24) is 20.1 Å². The Labute approximate surface area is 155 Å². The summed E-state index contributed by atoms with van der Waals surface area (Å²) in [6.45, 7) is 2.19. The third-order valence-corrected chi connectivity index (χ3v) is 4.63. The first kappa shape index (κ1) is 19.1. The van der Waals surface area contributed by atoms with Crippen LogP contribution < -0.4 is 4.74 Å². The van der Waals surface area contributed by atoms with Crippen LogP contribution in [0.3, 0.4) is 0 Å². The highest BCUT2D eigenvalue weighted by Crippen LogP contribution is 2.31. The van der Waals surface area contributed by atoms with Gasteiger partial charge in [0.2, 0.25) is 11.1 Å². The molecule has 2 aromatic rings. The minimum absolute atomic E-state index is 0.0769. The highest BCUT2D eigenvalue weighted by Gasteiger charge is 2.21. The van der Waals surface area contributed by atoms with Crippen molar-refractivity contribution in [1.29, 1.82) is 5.26 Å². The van der Waals surface area contributed by atoms with Gasteiger partial charge in [-0.25, -0.2) is 4.98 Å². The minimum atomic E-state index is -0.367. The van der Waals surface area contributed by atoms with Gasteiger partial charge in [0.05, 0.1) is 30.4 Å². The molecule has 0 unspecified atom stereocenters. The number of carbonyl (C=O) groups is 1. The predicted octanol–water partition coefficient (Wildman–Crippen LogP) is 2.99. The number of H-pyrrole nitrogens is 1. The summed E-state index contributed by atoms with van der Waals surface area (Å²) in [5.41, 5.74) is 0.694. The highest BCUT2D eigenvalue weighted by atomic mass is 35.5. The first-order valence-corrected chi connectivity index (χ1v) is 8.77. The summed E-state index contributed by atoms with van der Waals surface area (Å²) in [6, 6.07) is 7.24. The smallest absolute Gasteiger partial charge is 0.235 e. The van der Waals surface area contributed by atoms with Crippen molar-refractivity contribution in [3.05, 3.63) is 23.2 Å². The molecular formula is C16H18ClN5O2S. The van der Waals surface area contributed by atoms with Gasteiger partial charge in [-0.2, -0.15) is 5.26 Å². The van der Waals surface area contributed by atoms with Crippen LogP contribution in [0.4, 0.5) is 0 Å². The van der Waals surface area contributed by atoms with Crippen molar-refractivity contribution >= 4 is 29.3 Å². The van der Waals surface area contributed by atoms with E-state index >= 15 is 0 Å². The van der Waals surface area contributed by atoms with E-state index in [-0.39, 0.29) is 11.2 Å². The Morgan fingerprint density at radius 1 is 1.56 bits per heavy atom. The zero-order valence-corrected chi connectivity index (χ0v) is 15.7. The summed E-state index contributed by atoms with van der Waals surface area (Å²) in [5, 5.41) is 16.2. The van der Waals surface area contributed by atoms with E-state index < -0.39 is 0 Å². The molecule has 0 aliphatic carbocycles. The number of nitriles is 1. The number of nitrogens with zero attached hydrogens (tertiary/aromatic N) is 4. The molecule has 0 saturated carbocycles. The third-order valence-electron chi connectivity index (χ3n) is 3.45. The van der Waals surface area contributed by atoms with Crippen LogP contribution in [0.25, 0.3) is 11.4 Å². The van der Waals surface area contributed by atoms with Gasteiger partial charge in [-0.05, 0) is 25.1 Å². The molecule has 0 aliphatic heterocycles. The molecule has 25 heavy (non-hydrogen) atoms. The number of methoxy groups -OCH3 is 1. The van der Waals surface area contributed by atoms with E-state index in [9.17, 15) is 4.79 Å². The SMILES string of the molecule is COc1ccc(Cl)cc1-c1nc(S[C@H](C)C(=O)N(C)CCC#N)n[nH]1. The summed E-state index contributed by atoms with van der Waals surface area (Å²) in [7, 11) is 3.24. The first-order chi connectivity index (χ1) is 12.0. The topological polar surface area (TPSA) is 94.9 Å². The molecule has 1 atom stereocenters. The molecule has 0 bridgehead atoms. The number of amides is 1. The standard InChI is InChI=1S/C16H18ClN5O2S/c1-10(15(23)22(2)8-4-7-18)25-16-19-14(20-21-16)12-9-11(17)5-6-13(12)24-3/h5-6,9-10H,4,8H2,1-3H3,(H,19,20,21)/t10-/m1/s1. The minimum Gasteiger partial charge on any atom is -0.496 e. The summed E-state index contributed by atoms with van der Waals surface area (Å²) in [6.07, 6.45) is 0.305. The molecule has 0 spiro atoms. The molecule has 1 N–H and O–H groups in total. The van der Waals surface area contributed by atoms with Crippen molar-refractivity contribution in [3.8, 4) is 23.2 Å². The van der Waals surface area contributed by atoms with Crippen molar-refractivity contribution in [2.24, 2.45) is 0 Å². The molecule has 0 fully saturated rings. The quantitative estimate of drug-likeness (QED) is 0.743. The van der Waals surface area contributed by atoms with Crippen LogP contribution >= 0.6 is 23.4 Å². The van der Waals surface area contributed by atoms with Crippen molar-refractivity contribution in [2.45, 2.75) is 23.8 Å². The lowest BCUT2D eigenvalue weighted by molar-refractivity contribution is -0.128. The van der Waals surface area contributed by atoms with Gasteiger partial charge >= 0.3 is 0 Å². The summed E-state index contributed by atoms with van der Waals surface area (Å²) < 4.78 is 5.31. The lowest BCUT2D eigenvalue weighted by Crippen LogP contribution is -2.33. The number of hydrogen-bond acceptors (Lipinski definition) is 6. The monoisotopic (exact) mass is 379 g/mol. The van der Waals surface area contributed by atoms with Crippen LogP contribution in [-0.2, 0) is 4.79 Å². The van der Waals surface area contributed by atoms with E-state index in [1.807, 2.05) is 6.07 Å². The Hall–Kier alpha value is -2.24. The Morgan fingerprint density at radius 3 is 3.00 bits per heavy atom. The molecule has 0 radical (unpaired) electrons. The fourth-order valence-electron chi connectivity index (χ4n) is 2.13. The van der Waals surface area contributed by atoms with Gasteiger partial charge in [0.25, 0.3) is 0 Å². The molecule has 7 nitrogen and oxygen atoms in total. The van der Waals surface area contributed by atoms with Crippen LogP contribution in [0.5, 0.6) is 5.75 Å². The van der Waals surface area contributed by atoms with Gasteiger partial charge in [0, 0.05) is 18.6 Å². The van der Waals surface area contributed by atoms with Crippen molar-refractivity contribution in [3.63, 3.8) is 0 Å². The number of aromatic nitrogens is 3. The number of rotatable bonds is 7. The van der Waals surface area contributed by atoms with Gasteiger partial charge in [-0.1, -0.05) is 23.4 Å². The van der Waals surface area contributed by atoms with Crippen LogP contribution in [0.2, 0.25) is 5.02 Å². The van der Waals surface area contributed by atoms with Crippen LogP contribution in [0, 0.1) is 11.3 Å². The number of hydrogen-bond donors (Lipinski definition) is 1. The zero-order chi connectivity index (χ0) is 18.4. The zero-order valence-electron chi connectivity index (χ0n) is 14.1. The average molecular weight is 380 g/mol. The number of halogens is 1. The predicted molar refractivity (Wildman–Crippen MR) is 96.6 cm³/mol. The number of carbonyl (C=O) groups excluding carboxylic acids is 1. The Kier molecular flexibility index (Phi) is 6.67. The summed E-state index contributed by atoms with van der Waals surface area (Å²) in [4.78, 5) is 18.2. The fraction of sp³-hybridized carbons (Fsp3) is 0.375. The second-order valence-corrected chi connectivity index (χ2v) is 6.98. The van der Waals surface area contributed by atoms with E-state index in [1.54, 1.807) is 39.3 Å². The highest BCUT2D eigenvalue weighted by molar-refractivity contribution is 8.00. The normalized spacial score (nSPS) is 11.6. The second kappa shape index (κ2) is 8.74. The third kappa shape index (κ3) is 4.87. The summed E-state index contributed by atoms with van der Waals surface area (Å²) >= 11 is 7.28. The van der Waals surface area contributed by atoms with Gasteiger partial charge in [-0.3, -0.25) is 9.89 Å². The Bertz CT molecular complexity index is 789. The number of thioether (sulfide) groups is 1. The molecule has 0 saturated heterocycles. The number of benzene rings is 1. The Balaban J connectivity index is 2.10. The number of nitrogens with one attached hydrogen (secondary N) is 1. The first-order valence-electron chi connectivity index (χ1n) is 7.51. The Morgan fingerprint density at radius 2 is 2.32 bits per heavy atom. The summed E-state index contributed by atoms with van der Waals surface area (Å²) in [5.74, 6) is 1.06. The molecule has 9 heteroatoms. The lowest BCUT2D eigenvalue weighted by Gasteiger charge is -2.18. The van der Waals surface area contributed by atoms with Crippen LogP contribution in [0.1, 0.15) is 13.3 Å². The van der Waals surface area contributed by atoms with E-state index in [1.165, 1.54) is 16.7 Å². The van der Waals surface area contributed by atoms with Crippen LogP contribution in [-0.4, -0.2) is 51.9 Å². The molecule has 1 aromatic carbocycles. The lowest BCUT2D eigenvalue weighted by atomic mass is 10.2. The molecule has 1 aromatic heterocycles. The van der Waals surface area contributed by atoms with Crippen LogP contribution in [0.15, 0.2) is 23.4 Å². The average Bonchev–Trinajstić information content (AvgIpc) is 3.07. The van der Waals surface area contributed by atoms with Crippen molar-refractivity contribution < 1.29 is 9.53 Å². The van der Waals surface area contributed by atoms with Gasteiger partial charge in [0.15, 0.2) is 5.82 Å². The largest absolute Gasteiger partial charge is 0.496 e. The molecule has 2 rings (SSSR count). The van der Waals surface area contributed by atoms with Gasteiger partial charge in [0.1, 0.15) is 5.75 Å². The fourth-order valence-corrected chi connectivity index (χ4v) is 3.14. The van der Waals surface area contributed by atoms with E-state index in [4.69, 9.17) is 21.6 Å². The van der Waals surface area contributed by atoms with E-state index in [2.05, 4.69) is 15.2 Å². The molecule has 1 amide bonds. The number of ether oxygens (including phenoxy) is 1. The van der Waals surface area contributed by atoms with Gasteiger partial charge in [-0.15, -0.1) is 5.10 Å². The molecule has 0 aliphatic rings. The maximum absolute atomic E-state index is 12.3. The number of aromatic amines is 1. The maximum atomic E-state index is 12.3. The second-order valence-electron chi connectivity index (χ2n) is 5.24.